The van der Waals surface area contributed by atoms with E-state index in [1.165, 1.54) is 37.1 Å². The van der Waals surface area contributed by atoms with Gasteiger partial charge in [-0.05, 0) is 61.9 Å². The van der Waals surface area contributed by atoms with E-state index in [1.54, 1.807) is 5.56 Å². The van der Waals surface area contributed by atoms with E-state index < -0.39 is 0 Å². The molecule has 0 aromatic heterocycles. The molecule has 0 radical (unpaired) electrons. The third-order valence-corrected chi connectivity index (χ3v) is 3.99. The molecule has 1 aromatic carbocycles. The van der Waals surface area contributed by atoms with Crippen molar-refractivity contribution in [1.82, 2.24) is 5.32 Å². The fourth-order valence-corrected chi connectivity index (χ4v) is 2.76. The molecule has 0 atom stereocenters. The number of benzene rings is 1. The first-order valence-corrected chi connectivity index (χ1v) is 7.91. The second-order valence-electron chi connectivity index (χ2n) is 5.41. The van der Waals surface area contributed by atoms with Gasteiger partial charge in [-0.2, -0.15) is 0 Å². The molecule has 1 saturated carbocycles. The predicted molar refractivity (Wildman–Crippen MR) is 84.2 cm³/mol. The summed E-state index contributed by atoms with van der Waals surface area (Å²) in [5.41, 5.74) is 4.50. The molecule has 2 fully saturated rings. The lowest BCUT2D eigenvalue weighted by Gasteiger charge is -2.23. The van der Waals surface area contributed by atoms with Gasteiger partial charge in [0, 0.05) is 25.3 Å². The van der Waals surface area contributed by atoms with E-state index in [-0.39, 0.29) is 0 Å². The van der Waals surface area contributed by atoms with Crippen LogP contribution in [0.25, 0.3) is 0 Å². The zero-order valence-electron chi connectivity index (χ0n) is 12.7. The van der Waals surface area contributed by atoms with Crippen molar-refractivity contribution >= 4 is 5.69 Å². The molecule has 1 heterocycles. The molecule has 2 nitrogen and oxygen atoms in total. The first-order valence-electron chi connectivity index (χ1n) is 7.91. The summed E-state index contributed by atoms with van der Waals surface area (Å²) < 4.78 is 0. The molecule has 1 aliphatic heterocycles. The Morgan fingerprint density at radius 2 is 1.89 bits per heavy atom. The SMILES string of the molecule is CC.Cc1ccc(N2CCCNCC2)cc1C1CC1. The quantitative estimate of drug-likeness (QED) is 0.872. The fourth-order valence-electron chi connectivity index (χ4n) is 2.76. The van der Waals surface area contributed by atoms with E-state index in [0.29, 0.717) is 0 Å². The number of rotatable bonds is 2. The van der Waals surface area contributed by atoms with Crippen molar-refractivity contribution in [3.8, 4) is 0 Å². The Labute approximate surface area is 118 Å². The average Bonchev–Trinajstić information content (AvgIpc) is 3.29. The summed E-state index contributed by atoms with van der Waals surface area (Å²) in [4.78, 5) is 2.53. The third-order valence-electron chi connectivity index (χ3n) is 3.99. The van der Waals surface area contributed by atoms with E-state index in [1.807, 2.05) is 13.8 Å². The van der Waals surface area contributed by atoms with Gasteiger partial charge in [-0.3, -0.25) is 0 Å². The van der Waals surface area contributed by atoms with Crippen LogP contribution in [0.15, 0.2) is 18.2 Å². The van der Waals surface area contributed by atoms with Crippen molar-refractivity contribution in [2.24, 2.45) is 0 Å². The highest BCUT2D eigenvalue weighted by molar-refractivity contribution is 5.52. The van der Waals surface area contributed by atoms with E-state index in [0.717, 1.165) is 25.6 Å². The minimum absolute atomic E-state index is 0.861. The van der Waals surface area contributed by atoms with E-state index in [9.17, 15) is 0 Å². The molecule has 1 N–H and O–H groups in total. The van der Waals surface area contributed by atoms with Gasteiger partial charge in [0.05, 0.1) is 0 Å². The lowest BCUT2D eigenvalue weighted by atomic mass is 10.0. The predicted octanol–water partition coefficient (Wildman–Crippen LogP) is 3.70. The molecular weight excluding hydrogens is 232 g/mol. The zero-order valence-corrected chi connectivity index (χ0v) is 12.7. The normalized spacial score (nSPS) is 19.4. The minimum Gasteiger partial charge on any atom is -0.370 e. The number of hydrogen-bond donors (Lipinski definition) is 1. The van der Waals surface area contributed by atoms with E-state index in [2.05, 4.69) is 35.3 Å². The zero-order chi connectivity index (χ0) is 13.7. The molecule has 0 amide bonds. The largest absolute Gasteiger partial charge is 0.370 e. The maximum atomic E-state index is 3.47. The van der Waals surface area contributed by atoms with Crippen LogP contribution in [-0.4, -0.2) is 26.2 Å². The van der Waals surface area contributed by atoms with Gasteiger partial charge in [0.2, 0.25) is 0 Å². The molecule has 1 aromatic rings. The number of anilines is 1. The van der Waals surface area contributed by atoms with Gasteiger partial charge < -0.3 is 10.2 Å². The van der Waals surface area contributed by atoms with Crippen LogP contribution in [0.1, 0.15) is 50.2 Å². The van der Waals surface area contributed by atoms with Gasteiger partial charge in [-0.25, -0.2) is 0 Å². The molecule has 3 rings (SSSR count). The second kappa shape index (κ2) is 6.95. The molecular formula is C17H28N2. The number of hydrogen-bond acceptors (Lipinski definition) is 2. The lowest BCUT2D eigenvalue weighted by Crippen LogP contribution is -2.27. The molecule has 0 unspecified atom stereocenters. The summed E-state index contributed by atoms with van der Waals surface area (Å²) in [6.45, 7) is 10.9. The maximum absolute atomic E-state index is 3.47. The minimum atomic E-state index is 0.861. The van der Waals surface area contributed by atoms with Crippen LogP contribution in [0.3, 0.4) is 0 Å². The van der Waals surface area contributed by atoms with Crippen molar-refractivity contribution in [2.75, 3.05) is 31.1 Å². The van der Waals surface area contributed by atoms with Gasteiger partial charge in [0.15, 0.2) is 0 Å². The Kier molecular flexibility index (Phi) is 5.26. The summed E-state index contributed by atoms with van der Waals surface area (Å²) in [7, 11) is 0. The van der Waals surface area contributed by atoms with Gasteiger partial charge in [-0.15, -0.1) is 0 Å². The van der Waals surface area contributed by atoms with Crippen LogP contribution in [0, 0.1) is 6.92 Å². The average molecular weight is 260 g/mol. The summed E-state index contributed by atoms with van der Waals surface area (Å²) >= 11 is 0. The van der Waals surface area contributed by atoms with Crippen molar-refractivity contribution in [3.05, 3.63) is 29.3 Å². The first-order chi connectivity index (χ1) is 9.34. The highest BCUT2D eigenvalue weighted by Crippen LogP contribution is 2.42. The fraction of sp³-hybridized carbons (Fsp3) is 0.647. The summed E-state index contributed by atoms with van der Waals surface area (Å²) in [5.74, 6) is 0.861. The molecule has 19 heavy (non-hydrogen) atoms. The molecule has 1 aliphatic carbocycles. The smallest absolute Gasteiger partial charge is 0.0369 e. The van der Waals surface area contributed by atoms with Crippen molar-refractivity contribution in [2.45, 2.75) is 46.0 Å². The van der Waals surface area contributed by atoms with Crippen molar-refractivity contribution < 1.29 is 0 Å². The number of nitrogens with zero attached hydrogens (tertiary/aromatic N) is 1. The van der Waals surface area contributed by atoms with E-state index in [4.69, 9.17) is 0 Å². The van der Waals surface area contributed by atoms with Crippen LogP contribution in [0.5, 0.6) is 0 Å². The van der Waals surface area contributed by atoms with Gasteiger partial charge in [0.1, 0.15) is 0 Å². The Morgan fingerprint density at radius 1 is 1.11 bits per heavy atom. The summed E-state index contributed by atoms with van der Waals surface area (Å²) in [6, 6.07) is 7.05. The van der Waals surface area contributed by atoms with E-state index >= 15 is 0 Å². The Balaban J connectivity index is 0.000000637. The van der Waals surface area contributed by atoms with Crippen LogP contribution >= 0.6 is 0 Å². The number of nitrogens with one attached hydrogen (secondary N) is 1. The molecule has 106 valence electrons. The Morgan fingerprint density at radius 3 is 2.63 bits per heavy atom. The molecule has 1 saturated heterocycles. The molecule has 0 bridgehead atoms. The Hall–Kier alpha value is -1.02. The summed E-state index contributed by atoms with van der Waals surface area (Å²) in [5, 5.41) is 3.47. The van der Waals surface area contributed by atoms with Gasteiger partial charge in [0.25, 0.3) is 0 Å². The van der Waals surface area contributed by atoms with Crippen molar-refractivity contribution in [1.29, 1.82) is 0 Å². The van der Waals surface area contributed by atoms with Crippen molar-refractivity contribution in [3.63, 3.8) is 0 Å². The van der Waals surface area contributed by atoms with Crippen LogP contribution < -0.4 is 10.2 Å². The number of aryl methyl sites for hydroxylation is 1. The standard InChI is InChI=1S/C15H22N2.C2H6/c1-12-3-6-14(11-15(12)13-4-5-13)17-9-2-7-16-8-10-17;1-2/h3,6,11,13,16H,2,4-5,7-10H2,1H3;1-2H3. The molecule has 2 heteroatoms. The Bertz CT molecular complexity index is 388. The molecule has 2 aliphatic rings. The maximum Gasteiger partial charge on any atom is 0.0369 e. The highest BCUT2D eigenvalue weighted by Gasteiger charge is 2.25. The van der Waals surface area contributed by atoms with Gasteiger partial charge in [-0.1, -0.05) is 19.9 Å². The second-order valence-corrected chi connectivity index (χ2v) is 5.41. The summed E-state index contributed by atoms with van der Waals surface area (Å²) in [6.07, 6.45) is 4.05. The topological polar surface area (TPSA) is 15.3 Å². The first kappa shape index (κ1) is 14.4. The van der Waals surface area contributed by atoms with Crippen LogP contribution in [-0.2, 0) is 0 Å². The third kappa shape index (κ3) is 3.73. The lowest BCUT2D eigenvalue weighted by molar-refractivity contribution is 0.724. The monoisotopic (exact) mass is 260 g/mol. The van der Waals surface area contributed by atoms with Gasteiger partial charge >= 0.3 is 0 Å². The van der Waals surface area contributed by atoms with Crippen LogP contribution in [0.4, 0.5) is 5.69 Å². The highest BCUT2D eigenvalue weighted by atomic mass is 15.2. The van der Waals surface area contributed by atoms with Crippen LogP contribution in [0.2, 0.25) is 0 Å². The molecule has 0 spiro atoms.